The highest BCUT2D eigenvalue weighted by molar-refractivity contribution is 6.16. The van der Waals surface area contributed by atoms with Crippen LogP contribution in [0.25, 0.3) is 93.9 Å². The highest BCUT2D eigenvalue weighted by atomic mass is 15.1. The topological polar surface area (TPSA) is 8.17 Å². The molecule has 0 N–H and O–H groups in total. The van der Waals surface area contributed by atoms with Crippen LogP contribution in [0.15, 0.2) is 267 Å². The van der Waals surface area contributed by atoms with Gasteiger partial charge in [-0.3, -0.25) is 0 Å². The van der Waals surface area contributed by atoms with E-state index in [1.165, 1.54) is 82.6 Å². The fraction of sp³-hybridized carbons (Fsp3) is 0. The molecule has 0 bridgehead atoms. The maximum atomic E-state index is 2.45. The Hall–Kier alpha value is -8.72. The number of hydrogen-bond donors (Lipinski definition) is 0. The van der Waals surface area contributed by atoms with E-state index < -0.39 is 0 Å². The van der Waals surface area contributed by atoms with Crippen LogP contribution in [0, 0.1) is 0 Å². The zero-order chi connectivity index (χ0) is 43.8. The van der Waals surface area contributed by atoms with Crippen molar-refractivity contribution in [3.8, 4) is 61.3 Å². The van der Waals surface area contributed by atoms with Gasteiger partial charge in [0.25, 0.3) is 0 Å². The molecule has 2 heteroatoms. The van der Waals surface area contributed by atoms with Crippen molar-refractivity contribution in [2.24, 2.45) is 0 Å². The van der Waals surface area contributed by atoms with Gasteiger partial charge in [-0.2, -0.15) is 0 Å². The van der Waals surface area contributed by atoms with Crippen LogP contribution in [0.4, 0.5) is 17.1 Å². The molecule has 0 amide bonds. The first-order valence-electron chi connectivity index (χ1n) is 22.7. The average Bonchev–Trinajstić information content (AvgIpc) is 3.74. The predicted molar refractivity (Wildman–Crippen MR) is 280 cm³/mol. The lowest BCUT2D eigenvalue weighted by atomic mass is 9.96. The van der Waals surface area contributed by atoms with Gasteiger partial charge in [-0.25, -0.2) is 0 Å². The number of nitrogens with zero attached hydrogens (tertiary/aromatic N) is 2. The first-order chi connectivity index (χ1) is 32.7. The van der Waals surface area contributed by atoms with Crippen molar-refractivity contribution in [2.45, 2.75) is 0 Å². The van der Waals surface area contributed by atoms with Crippen molar-refractivity contribution >= 4 is 49.6 Å². The Kier molecular flexibility index (Phi) is 9.89. The average molecular weight is 841 g/mol. The summed E-state index contributed by atoms with van der Waals surface area (Å²) in [7, 11) is 0. The minimum absolute atomic E-state index is 1.08. The van der Waals surface area contributed by atoms with Crippen molar-refractivity contribution in [3.63, 3.8) is 0 Å². The summed E-state index contributed by atoms with van der Waals surface area (Å²) in [5, 5.41) is 4.99. The summed E-state index contributed by atoms with van der Waals surface area (Å²) in [6.45, 7) is 0. The van der Waals surface area contributed by atoms with Crippen molar-refractivity contribution in [3.05, 3.63) is 267 Å². The quantitative estimate of drug-likeness (QED) is 0.141. The molecule has 0 fully saturated rings. The summed E-state index contributed by atoms with van der Waals surface area (Å²) in [5.74, 6) is 0. The van der Waals surface area contributed by atoms with E-state index in [0.717, 1.165) is 28.3 Å². The molecule has 0 radical (unpaired) electrons. The lowest BCUT2D eigenvalue weighted by Crippen LogP contribution is -2.09. The van der Waals surface area contributed by atoms with E-state index in [4.69, 9.17) is 0 Å². The van der Waals surface area contributed by atoms with Crippen molar-refractivity contribution in [1.82, 2.24) is 4.57 Å². The smallest absolute Gasteiger partial charge is 0.0547 e. The van der Waals surface area contributed by atoms with Gasteiger partial charge in [-0.05, 0) is 122 Å². The van der Waals surface area contributed by atoms with Crippen LogP contribution in [0.3, 0.4) is 0 Å². The van der Waals surface area contributed by atoms with E-state index in [1.807, 2.05) is 0 Å². The molecule has 0 aliphatic carbocycles. The third-order valence-electron chi connectivity index (χ3n) is 13.0. The third-order valence-corrected chi connectivity index (χ3v) is 13.0. The second-order valence-corrected chi connectivity index (χ2v) is 16.9. The van der Waals surface area contributed by atoms with E-state index in [9.17, 15) is 0 Å². The maximum Gasteiger partial charge on any atom is 0.0547 e. The van der Waals surface area contributed by atoms with Gasteiger partial charge in [-0.15, -0.1) is 0 Å². The van der Waals surface area contributed by atoms with Crippen LogP contribution in [0.2, 0.25) is 0 Å². The van der Waals surface area contributed by atoms with Crippen LogP contribution in [-0.2, 0) is 0 Å². The summed E-state index contributed by atoms with van der Waals surface area (Å²) in [5.41, 5.74) is 18.8. The summed E-state index contributed by atoms with van der Waals surface area (Å²) < 4.78 is 2.45. The Bertz CT molecular complexity index is 3660. The molecule has 310 valence electrons. The first-order valence-corrected chi connectivity index (χ1v) is 22.7. The number of fused-ring (bicyclic) bond motifs is 4. The molecule has 12 aromatic rings. The normalized spacial score (nSPS) is 11.3. The molecule has 66 heavy (non-hydrogen) atoms. The summed E-state index contributed by atoms with van der Waals surface area (Å²) in [4.78, 5) is 2.36. The van der Waals surface area contributed by atoms with E-state index >= 15 is 0 Å². The van der Waals surface area contributed by atoms with E-state index in [0.29, 0.717) is 0 Å². The molecule has 0 saturated heterocycles. The van der Waals surface area contributed by atoms with Gasteiger partial charge in [0.2, 0.25) is 0 Å². The van der Waals surface area contributed by atoms with Gasteiger partial charge in [0.15, 0.2) is 0 Å². The van der Waals surface area contributed by atoms with Gasteiger partial charge in [-0.1, -0.05) is 206 Å². The standard InChI is InChI=1S/C64H44N2/c1-3-16-45(17-4-1)47-32-38-53(39-33-47)65(54-40-34-49(35-41-54)57-27-14-21-48-20-7-8-24-56(48)57)55-42-36-50(37-43-55)58-25-9-11-29-61(58)66-62-30-12-10-26-60(62)64-59(28-15-31-63(64)66)52-23-13-22-51(44-52)46-18-5-2-6-19-46/h1-44H. The van der Waals surface area contributed by atoms with Crippen LogP contribution in [0.1, 0.15) is 0 Å². The fourth-order valence-corrected chi connectivity index (χ4v) is 9.87. The summed E-state index contributed by atoms with van der Waals surface area (Å²) in [6.07, 6.45) is 0. The van der Waals surface area contributed by atoms with Gasteiger partial charge in [0.05, 0.1) is 16.7 Å². The number of aromatic nitrogens is 1. The van der Waals surface area contributed by atoms with Crippen LogP contribution >= 0.6 is 0 Å². The second-order valence-electron chi connectivity index (χ2n) is 16.9. The lowest BCUT2D eigenvalue weighted by Gasteiger charge is -2.26. The predicted octanol–water partition coefficient (Wildman–Crippen LogP) is 17.7. The second kappa shape index (κ2) is 16.8. The highest BCUT2D eigenvalue weighted by Crippen LogP contribution is 2.43. The first kappa shape index (κ1) is 38.9. The van der Waals surface area contributed by atoms with E-state index in [2.05, 4.69) is 276 Å². The minimum Gasteiger partial charge on any atom is -0.311 e. The van der Waals surface area contributed by atoms with E-state index in [-0.39, 0.29) is 0 Å². The number of rotatable bonds is 9. The Balaban J connectivity index is 0.949. The molecule has 0 aliphatic heterocycles. The van der Waals surface area contributed by atoms with Crippen LogP contribution < -0.4 is 4.90 Å². The SMILES string of the molecule is c1ccc(-c2ccc(N(c3ccc(-c4ccccc4-n4c5ccccc5c5c(-c6cccc(-c7ccccc7)c6)cccc54)cc3)c3ccc(-c4cccc5ccccc45)cc3)cc2)cc1. The molecular weight excluding hydrogens is 797 g/mol. The molecule has 2 nitrogen and oxygen atoms in total. The number of hydrogen-bond acceptors (Lipinski definition) is 1. The molecule has 0 unspecified atom stereocenters. The Morgan fingerprint density at radius 1 is 0.258 bits per heavy atom. The molecule has 1 aromatic heterocycles. The van der Waals surface area contributed by atoms with Gasteiger partial charge < -0.3 is 9.47 Å². The van der Waals surface area contributed by atoms with Crippen molar-refractivity contribution < 1.29 is 0 Å². The monoisotopic (exact) mass is 840 g/mol. The lowest BCUT2D eigenvalue weighted by molar-refractivity contribution is 1.18. The van der Waals surface area contributed by atoms with Crippen LogP contribution in [-0.4, -0.2) is 4.57 Å². The third kappa shape index (κ3) is 7.02. The Morgan fingerprint density at radius 2 is 0.697 bits per heavy atom. The van der Waals surface area contributed by atoms with Crippen LogP contribution in [0.5, 0.6) is 0 Å². The van der Waals surface area contributed by atoms with Gasteiger partial charge in [0, 0.05) is 33.4 Å². The fourth-order valence-electron chi connectivity index (χ4n) is 9.87. The Morgan fingerprint density at radius 3 is 1.41 bits per heavy atom. The van der Waals surface area contributed by atoms with Crippen molar-refractivity contribution in [2.75, 3.05) is 4.90 Å². The summed E-state index contributed by atoms with van der Waals surface area (Å²) in [6, 6.07) is 96.8. The Labute approximate surface area is 385 Å². The number of benzene rings is 11. The molecule has 1 heterocycles. The number of para-hydroxylation sites is 2. The molecule has 0 aliphatic rings. The largest absolute Gasteiger partial charge is 0.311 e. The van der Waals surface area contributed by atoms with Gasteiger partial charge in [0.1, 0.15) is 0 Å². The zero-order valence-electron chi connectivity index (χ0n) is 36.3. The number of anilines is 3. The highest BCUT2D eigenvalue weighted by Gasteiger charge is 2.20. The van der Waals surface area contributed by atoms with Crippen molar-refractivity contribution in [1.29, 1.82) is 0 Å². The molecule has 12 rings (SSSR count). The van der Waals surface area contributed by atoms with Gasteiger partial charge >= 0.3 is 0 Å². The molecule has 0 saturated carbocycles. The molecule has 0 atom stereocenters. The maximum absolute atomic E-state index is 2.45. The molecular formula is C64H44N2. The van der Waals surface area contributed by atoms with E-state index in [1.54, 1.807) is 0 Å². The molecule has 0 spiro atoms. The molecule has 11 aromatic carbocycles. The summed E-state index contributed by atoms with van der Waals surface area (Å²) >= 11 is 0. The zero-order valence-corrected chi connectivity index (χ0v) is 36.3. The minimum atomic E-state index is 1.08.